The Kier molecular flexibility index (Phi) is 6.78. The maximum absolute atomic E-state index is 6.15. The van der Waals surface area contributed by atoms with Crippen molar-refractivity contribution in [1.82, 2.24) is 9.55 Å². The van der Waals surface area contributed by atoms with E-state index in [1.807, 2.05) is 109 Å². The highest BCUT2D eigenvalue weighted by molar-refractivity contribution is 5.67. The minimum absolute atomic E-state index is 0.392. The number of nitrogens with zero attached hydrogens (tertiary/aromatic N) is 3. The lowest BCUT2D eigenvalue weighted by atomic mass is 10.2. The Morgan fingerprint density at radius 2 is 1.53 bits per heavy atom. The molecule has 0 radical (unpaired) electrons. The molecule has 5 heteroatoms. The summed E-state index contributed by atoms with van der Waals surface area (Å²) in [4.78, 5) is 8.89. The van der Waals surface area contributed by atoms with Gasteiger partial charge >= 0.3 is 0 Å². The van der Waals surface area contributed by atoms with Crippen molar-refractivity contribution in [3.05, 3.63) is 108 Å². The van der Waals surface area contributed by atoms with Crippen LogP contribution in [0.15, 0.2) is 96.1 Å². The first-order valence-corrected chi connectivity index (χ1v) is 10.4. The first-order chi connectivity index (χ1) is 15.8. The minimum atomic E-state index is 0.392. The van der Waals surface area contributed by atoms with Crippen molar-refractivity contribution in [1.29, 1.82) is 0 Å². The van der Waals surface area contributed by atoms with Gasteiger partial charge in [0.05, 0.1) is 0 Å². The van der Waals surface area contributed by atoms with E-state index in [0.717, 1.165) is 28.2 Å². The fourth-order valence-electron chi connectivity index (χ4n) is 3.35. The average molecular weight is 424 g/mol. The summed E-state index contributed by atoms with van der Waals surface area (Å²) in [6.07, 6.45) is 5.91. The SMILES string of the molecule is C=Nc1c(/C=C\C)ccn1-c1ccc(OCc2ccccc2)nc1OCc1ccccc1. The second-order valence-corrected chi connectivity index (χ2v) is 7.15. The Morgan fingerprint density at radius 1 is 0.875 bits per heavy atom. The zero-order valence-corrected chi connectivity index (χ0v) is 18.0. The van der Waals surface area contributed by atoms with Crippen LogP contribution < -0.4 is 9.47 Å². The molecule has 4 aromatic rings. The number of ether oxygens (including phenoxy) is 2. The fraction of sp³-hybridized carbons (Fsp3) is 0.111. The van der Waals surface area contributed by atoms with E-state index in [4.69, 9.17) is 9.47 Å². The summed E-state index contributed by atoms with van der Waals surface area (Å²) in [6.45, 7) is 6.54. The highest BCUT2D eigenvalue weighted by atomic mass is 16.5. The van der Waals surface area contributed by atoms with Crippen LogP contribution in [0.1, 0.15) is 23.6 Å². The zero-order valence-electron chi connectivity index (χ0n) is 18.0. The van der Waals surface area contributed by atoms with Crippen LogP contribution in [0, 0.1) is 0 Å². The lowest BCUT2D eigenvalue weighted by Crippen LogP contribution is -2.05. The number of rotatable bonds is 9. The molecule has 0 unspecified atom stereocenters. The number of hydrogen-bond acceptors (Lipinski definition) is 4. The molecule has 0 atom stereocenters. The van der Waals surface area contributed by atoms with Gasteiger partial charge in [0.15, 0.2) is 0 Å². The molecule has 4 rings (SSSR count). The lowest BCUT2D eigenvalue weighted by Gasteiger charge is -2.15. The minimum Gasteiger partial charge on any atom is -0.473 e. The van der Waals surface area contributed by atoms with Gasteiger partial charge in [0.2, 0.25) is 11.8 Å². The van der Waals surface area contributed by atoms with Crippen LogP contribution in [0.25, 0.3) is 11.8 Å². The van der Waals surface area contributed by atoms with Gasteiger partial charge in [-0.2, -0.15) is 4.98 Å². The number of hydrogen-bond donors (Lipinski definition) is 0. The summed E-state index contributed by atoms with van der Waals surface area (Å²) < 4.78 is 14.0. The van der Waals surface area contributed by atoms with Crippen LogP contribution in [-0.2, 0) is 13.2 Å². The van der Waals surface area contributed by atoms with Gasteiger partial charge < -0.3 is 9.47 Å². The maximum atomic E-state index is 6.15. The second kappa shape index (κ2) is 10.3. The number of benzene rings is 2. The van der Waals surface area contributed by atoms with Crippen molar-refractivity contribution < 1.29 is 9.47 Å². The Morgan fingerprint density at radius 3 is 2.16 bits per heavy atom. The summed E-state index contributed by atoms with van der Waals surface area (Å²) in [7, 11) is 0. The summed E-state index contributed by atoms with van der Waals surface area (Å²) in [5.41, 5.74) is 3.87. The molecule has 5 nitrogen and oxygen atoms in total. The average Bonchev–Trinajstić information content (AvgIpc) is 3.25. The van der Waals surface area contributed by atoms with Gasteiger partial charge in [0.25, 0.3) is 0 Å². The number of pyridine rings is 1. The van der Waals surface area contributed by atoms with Crippen molar-refractivity contribution in [3.63, 3.8) is 0 Å². The number of aromatic nitrogens is 2. The molecule has 2 aromatic carbocycles. The second-order valence-electron chi connectivity index (χ2n) is 7.15. The van der Waals surface area contributed by atoms with Gasteiger partial charge in [-0.05, 0) is 36.9 Å². The van der Waals surface area contributed by atoms with Gasteiger partial charge in [-0.1, -0.05) is 72.8 Å². The number of allylic oxidation sites excluding steroid dienone is 1. The van der Waals surface area contributed by atoms with Crippen LogP contribution in [0.3, 0.4) is 0 Å². The standard InChI is InChI=1S/C27H25N3O2/c1-3-10-23-17-18-30(26(23)28-2)24-15-16-25(31-19-21-11-6-4-7-12-21)29-27(24)32-20-22-13-8-5-9-14-22/h3-18H,2,19-20H2,1H3/b10-3-. The van der Waals surface area contributed by atoms with Gasteiger partial charge in [-0.3, -0.25) is 4.57 Å². The molecule has 2 heterocycles. The molecule has 0 amide bonds. The molecule has 0 aliphatic carbocycles. The van der Waals surface area contributed by atoms with Crippen LogP contribution in [0.5, 0.6) is 11.8 Å². The van der Waals surface area contributed by atoms with E-state index in [0.29, 0.717) is 25.0 Å². The van der Waals surface area contributed by atoms with Crippen molar-refractivity contribution in [2.24, 2.45) is 4.99 Å². The van der Waals surface area contributed by atoms with Crippen LogP contribution >= 0.6 is 0 Å². The van der Waals surface area contributed by atoms with E-state index >= 15 is 0 Å². The van der Waals surface area contributed by atoms with E-state index < -0.39 is 0 Å². The first-order valence-electron chi connectivity index (χ1n) is 10.4. The quantitative estimate of drug-likeness (QED) is 0.293. The zero-order chi connectivity index (χ0) is 22.2. The van der Waals surface area contributed by atoms with Crippen molar-refractivity contribution in [2.75, 3.05) is 0 Å². The van der Waals surface area contributed by atoms with E-state index in [2.05, 4.69) is 16.7 Å². The Labute approximate surface area is 188 Å². The summed E-state index contributed by atoms with van der Waals surface area (Å²) in [6, 6.07) is 25.8. The summed E-state index contributed by atoms with van der Waals surface area (Å²) in [5, 5.41) is 0. The molecule has 0 saturated carbocycles. The molecular formula is C27H25N3O2. The van der Waals surface area contributed by atoms with Gasteiger partial charge in [0, 0.05) is 17.8 Å². The Balaban J connectivity index is 1.66. The highest BCUT2D eigenvalue weighted by Gasteiger charge is 2.15. The molecule has 0 N–H and O–H groups in total. The van der Waals surface area contributed by atoms with Crippen molar-refractivity contribution in [2.45, 2.75) is 20.1 Å². The van der Waals surface area contributed by atoms with Crippen LogP contribution in [-0.4, -0.2) is 16.3 Å². The predicted molar refractivity (Wildman–Crippen MR) is 129 cm³/mol. The van der Waals surface area contributed by atoms with Crippen molar-refractivity contribution >= 4 is 18.6 Å². The summed E-state index contributed by atoms with van der Waals surface area (Å²) in [5.74, 6) is 1.69. The topological polar surface area (TPSA) is 48.6 Å². The van der Waals surface area contributed by atoms with Gasteiger partial charge in [-0.25, -0.2) is 4.99 Å². The molecule has 0 fully saturated rings. The molecule has 0 aliphatic heterocycles. The summed E-state index contributed by atoms with van der Waals surface area (Å²) >= 11 is 0. The van der Waals surface area contributed by atoms with E-state index in [9.17, 15) is 0 Å². The normalized spacial score (nSPS) is 10.9. The largest absolute Gasteiger partial charge is 0.473 e. The third kappa shape index (κ3) is 4.95. The van der Waals surface area contributed by atoms with Gasteiger partial charge in [-0.15, -0.1) is 0 Å². The monoisotopic (exact) mass is 423 g/mol. The van der Waals surface area contributed by atoms with Gasteiger partial charge in [0.1, 0.15) is 24.7 Å². The first kappa shape index (κ1) is 21.1. The number of aliphatic imine (C=N–C) groups is 1. The predicted octanol–water partition coefficient (Wildman–Crippen LogP) is 6.40. The molecular weight excluding hydrogens is 398 g/mol. The molecule has 32 heavy (non-hydrogen) atoms. The third-order valence-corrected chi connectivity index (χ3v) is 4.91. The third-order valence-electron chi connectivity index (χ3n) is 4.91. The molecule has 160 valence electrons. The smallest absolute Gasteiger partial charge is 0.242 e. The molecule has 2 aromatic heterocycles. The molecule has 0 spiro atoms. The maximum Gasteiger partial charge on any atom is 0.242 e. The Hall–Kier alpha value is -4.12. The highest BCUT2D eigenvalue weighted by Crippen LogP contribution is 2.32. The molecule has 0 saturated heterocycles. The van der Waals surface area contributed by atoms with E-state index in [1.54, 1.807) is 0 Å². The Bertz CT molecular complexity index is 1200. The van der Waals surface area contributed by atoms with Crippen molar-refractivity contribution in [3.8, 4) is 17.4 Å². The lowest BCUT2D eigenvalue weighted by molar-refractivity contribution is 0.267. The molecule has 0 aliphatic rings. The fourth-order valence-corrected chi connectivity index (χ4v) is 3.35. The van der Waals surface area contributed by atoms with E-state index in [1.165, 1.54) is 0 Å². The van der Waals surface area contributed by atoms with Crippen LogP contribution in [0.4, 0.5) is 5.82 Å². The van der Waals surface area contributed by atoms with E-state index in [-0.39, 0.29) is 0 Å². The molecule has 0 bridgehead atoms. The van der Waals surface area contributed by atoms with Crippen LogP contribution in [0.2, 0.25) is 0 Å².